The van der Waals surface area contributed by atoms with Gasteiger partial charge in [0.2, 0.25) is 0 Å². The van der Waals surface area contributed by atoms with Gasteiger partial charge >= 0.3 is 0 Å². The highest BCUT2D eigenvalue weighted by molar-refractivity contribution is 6.20. The lowest BCUT2D eigenvalue weighted by atomic mass is 9.70. The van der Waals surface area contributed by atoms with Crippen molar-refractivity contribution >= 4 is 38.6 Å². The molecule has 0 amide bonds. The maximum absolute atomic E-state index is 2.55. The second-order valence-electron chi connectivity index (χ2n) is 16.0. The van der Waals surface area contributed by atoms with Gasteiger partial charge in [-0.1, -0.05) is 170 Å². The van der Waals surface area contributed by atoms with E-state index in [2.05, 4.69) is 217 Å². The highest BCUT2D eigenvalue weighted by atomic mass is 15.1. The summed E-state index contributed by atoms with van der Waals surface area (Å²) in [6, 6.07) is 79.3. The van der Waals surface area contributed by atoms with E-state index in [0.29, 0.717) is 0 Å². The molecule has 3 aliphatic carbocycles. The first-order valence-corrected chi connectivity index (χ1v) is 20.3. The second-order valence-corrected chi connectivity index (χ2v) is 16.0. The first-order valence-electron chi connectivity index (χ1n) is 20.3. The Kier molecular flexibility index (Phi) is 6.43. The smallest absolute Gasteiger partial charge is 0.0726 e. The molecule has 3 aliphatic rings. The van der Waals surface area contributed by atoms with Gasteiger partial charge in [0.1, 0.15) is 0 Å². The Balaban J connectivity index is 1.11. The van der Waals surface area contributed by atoms with E-state index in [4.69, 9.17) is 0 Å². The summed E-state index contributed by atoms with van der Waals surface area (Å²) in [5.74, 6) is 0. The van der Waals surface area contributed by atoms with E-state index in [0.717, 1.165) is 11.4 Å². The molecular weight excluding hydrogens is 699 g/mol. The summed E-state index contributed by atoms with van der Waals surface area (Å²) >= 11 is 0. The van der Waals surface area contributed by atoms with Crippen LogP contribution in [0.15, 0.2) is 212 Å². The highest BCUT2D eigenvalue weighted by Crippen LogP contribution is 2.64. The maximum atomic E-state index is 2.55. The topological polar surface area (TPSA) is 3.24 Å². The molecule has 13 rings (SSSR count). The summed E-state index contributed by atoms with van der Waals surface area (Å²) in [6.45, 7) is 0. The molecule has 10 aromatic rings. The quantitative estimate of drug-likeness (QED) is 0.174. The summed E-state index contributed by atoms with van der Waals surface area (Å²) in [7, 11) is 0. The lowest BCUT2D eigenvalue weighted by Crippen LogP contribution is -2.26. The third-order valence-electron chi connectivity index (χ3n) is 13.2. The van der Waals surface area contributed by atoms with E-state index in [-0.39, 0.29) is 0 Å². The van der Waals surface area contributed by atoms with Crippen molar-refractivity contribution in [2.24, 2.45) is 0 Å². The Morgan fingerprint density at radius 3 is 1.43 bits per heavy atom. The minimum absolute atomic E-state index is 0.437. The van der Waals surface area contributed by atoms with Gasteiger partial charge in [-0.15, -0.1) is 0 Å². The van der Waals surface area contributed by atoms with E-state index < -0.39 is 5.41 Å². The molecule has 1 heteroatoms. The van der Waals surface area contributed by atoms with Gasteiger partial charge < -0.3 is 4.90 Å². The van der Waals surface area contributed by atoms with Crippen LogP contribution in [-0.4, -0.2) is 0 Å². The summed E-state index contributed by atoms with van der Waals surface area (Å²) < 4.78 is 0. The monoisotopic (exact) mass is 733 g/mol. The van der Waals surface area contributed by atoms with E-state index in [1.807, 2.05) is 0 Å². The Morgan fingerprint density at radius 2 is 0.776 bits per heavy atom. The zero-order valence-corrected chi connectivity index (χ0v) is 31.7. The minimum Gasteiger partial charge on any atom is -0.309 e. The first-order chi connectivity index (χ1) is 28.8. The van der Waals surface area contributed by atoms with Crippen molar-refractivity contribution in [2.45, 2.75) is 5.41 Å². The van der Waals surface area contributed by atoms with Crippen molar-refractivity contribution in [3.05, 3.63) is 235 Å². The number of hydrogen-bond donors (Lipinski definition) is 0. The average molecular weight is 734 g/mol. The van der Waals surface area contributed by atoms with Crippen LogP contribution in [0.25, 0.3) is 77.2 Å². The summed E-state index contributed by atoms with van der Waals surface area (Å²) in [5.41, 5.74) is 21.4. The average Bonchev–Trinajstić information content (AvgIpc) is 3.76. The molecule has 58 heavy (non-hydrogen) atoms. The van der Waals surface area contributed by atoms with Gasteiger partial charge in [0.05, 0.1) is 11.1 Å². The van der Waals surface area contributed by atoms with Crippen LogP contribution in [-0.2, 0) is 5.41 Å². The molecule has 1 spiro atoms. The van der Waals surface area contributed by atoms with E-state index in [1.165, 1.54) is 105 Å². The van der Waals surface area contributed by atoms with Gasteiger partial charge in [0.15, 0.2) is 0 Å². The van der Waals surface area contributed by atoms with Crippen molar-refractivity contribution in [3.63, 3.8) is 0 Å². The Labute approximate surface area is 337 Å². The third kappa shape index (κ3) is 4.15. The fraction of sp³-hybridized carbons (Fsp3) is 0.0175. The Hall–Kier alpha value is -7.48. The van der Waals surface area contributed by atoms with Gasteiger partial charge in [0, 0.05) is 22.3 Å². The van der Waals surface area contributed by atoms with Crippen LogP contribution in [0.3, 0.4) is 0 Å². The lowest BCUT2D eigenvalue weighted by molar-refractivity contribution is 0.793. The molecule has 0 bridgehead atoms. The highest BCUT2D eigenvalue weighted by Gasteiger charge is 2.51. The number of benzene rings is 10. The molecule has 0 saturated heterocycles. The predicted octanol–water partition coefficient (Wildman–Crippen LogP) is 15.1. The van der Waals surface area contributed by atoms with Crippen molar-refractivity contribution in [1.82, 2.24) is 0 Å². The third-order valence-corrected chi connectivity index (χ3v) is 13.2. The largest absolute Gasteiger partial charge is 0.309 e. The molecular formula is C57H35N. The fourth-order valence-electron chi connectivity index (χ4n) is 10.7. The summed E-state index contributed by atoms with van der Waals surface area (Å²) in [5, 5.41) is 5.02. The van der Waals surface area contributed by atoms with Gasteiger partial charge in [-0.05, 0) is 131 Å². The molecule has 0 fully saturated rings. The van der Waals surface area contributed by atoms with Crippen LogP contribution in [0.1, 0.15) is 22.3 Å². The zero-order valence-electron chi connectivity index (χ0n) is 31.7. The number of fused-ring (bicyclic) bond motifs is 16. The fourth-order valence-corrected chi connectivity index (χ4v) is 10.7. The van der Waals surface area contributed by atoms with Crippen LogP contribution in [0.2, 0.25) is 0 Å². The molecule has 0 atom stereocenters. The van der Waals surface area contributed by atoms with E-state index in [9.17, 15) is 0 Å². The number of rotatable bonds is 4. The zero-order chi connectivity index (χ0) is 38.0. The number of nitrogens with zero attached hydrogens (tertiary/aromatic N) is 1. The maximum Gasteiger partial charge on any atom is 0.0726 e. The molecule has 0 unspecified atom stereocenters. The molecule has 0 N–H and O–H groups in total. The Bertz CT molecular complexity index is 3270. The van der Waals surface area contributed by atoms with Crippen molar-refractivity contribution in [1.29, 1.82) is 0 Å². The predicted molar refractivity (Wildman–Crippen MR) is 242 cm³/mol. The Morgan fingerprint density at radius 1 is 0.293 bits per heavy atom. The molecule has 0 aliphatic heterocycles. The van der Waals surface area contributed by atoms with Crippen LogP contribution in [0.4, 0.5) is 17.1 Å². The van der Waals surface area contributed by atoms with Gasteiger partial charge in [-0.2, -0.15) is 0 Å². The van der Waals surface area contributed by atoms with Crippen molar-refractivity contribution < 1.29 is 0 Å². The molecule has 1 nitrogen and oxygen atoms in total. The lowest BCUT2D eigenvalue weighted by Gasteiger charge is -2.36. The van der Waals surface area contributed by atoms with Crippen LogP contribution < -0.4 is 4.90 Å². The minimum atomic E-state index is -0.437. The SMILES string of the molecule is c1ccc(-c2ccc(N(c3ccc4c(c3)C3(c5ccccc5-c5ccccc53)c3ccccc3-4)c3c4c(cc5ccccc35)-c3cc5ccccc5cc3-4)cc2)cc1. The molecule has 0 heterocycles. The van der Waals surface area contributed by atoms with E-state index in [1.54, 1.807) is 0 Å². The normalized spacial score (nSPS) is 13.3. The van der Waals surface area contributed by atoms with Gasteiger partial charge in [0.25, 0.3) is 0 Å². The van der Waals surface area contributed by atoms with Gasteiger partial charge in [-0.25, -0.2) is 0 Å². The summed E-state index contributed by atoms with van der Waals surface area (Å²) in [6.07, 6.45) is 0. The molecule has 0 saturated carbocycles. The second kappa shape index (κ2) is 11.8. The summed E-state index contributed by atoms with van der Waals surface area (Å²) in [4.78, 5) is 2.55. The van der Waals surface area contributed by atoms with Crippen LogP contribution in [0.5, 0.6) is 0 Å². The van der Waals surface area contributed by atoms with Crippen LogP contribution >= 0.6 is 0 Å². The molecule has 0 aromatic heterocycles. The number of hydrogen-bond acceptors (Lipinski definition) is 1. The number of anilines is 3. The van der Waals surface area contributed by atoms with Crippen molar-refractivity contribution in [2.75, 3.05) is 4.90 Å². The molecule has 0 radical (unpaired) electrons. The standard InChI is InChI=1S/C57H35N/c1-2-14-36(15-3-1)37-26-28-41(29-27-37)58(56-43-19-7-6-18-40(43)34-50-48-32-38-16-4-5-17-39(38)33-49(48)55(50)56)42-30-31-47-46-22-10-13-25-53(46)57(54(47)35-42)51-23-11-8-20-44(51)45-21-9-12-24-52(45)57/h1-35H. The van der Waals surface area contributed by atoms with Gasteiger partial charge in [-0.3, -0.25) is 0 Å². The molecule has 268 valence electrons. The first kappa shape index (κ1) is 31.7. The van der Waals surface area contributed by atoms with Crippen molar-refractivity contribution in [3.8, 4) is 55.6 Å². The van der Waals surface area contributed by atoms with Crippen LogP contribution in [0, 0.1) is 0 Å². The molecule has 10 aromatic carbocycles. The van der Waals surface area contributed by atoms with E-state index >= 15 is 0 Å².